The largest absolute Gasteiger partial charge is 1.00 e. The van der Waals surface area contributed by atoms with Crippen LogP contribution < -0.4 is 39.4 Å². The van der Waals surface area contributed by atoms with Gasteiger partial charge >= 0.3 is 29.6 Å². The van der Waals surface area contributed by atoms with Crippen LogP contribution in [-0.4, -0.2) is 13.0 Å². The first-order valence-corrected chi connectivity index (χ1v) is 11.4. The van der Waals surface area contributed by atoms with Crippen molar-refractivity contribution in [3.05, 3.63) is 48.0 Å². The van der Waals surface area contributed by atoms with Gasteiger partial charge in [-0.25, -0.2) is 0 Å². The second-order valence-electron chi connectivity index (χ2n) is 7.02. The number of para-hydroxylation sites is 1. The average molecular weight is 429 g/mol. The number of hydrogen-bond acceptors (Lipinski definition) is 4. The Morgan fingerprint density at radius 1 is 0.931 bits per heavy atom. The zero-order valence-electron chi connectivity index (χ0n) is 17.4. The molecule has 0 radical (unpaired) electrons. The van der Waals surface area contributed by atoms with Crippen molar-refractivity contribution >= 4 is 10.1 Å². The fraction of sp³-hybridized carbons (Fsp3) is 0.455. The van der Waals surface area contributed by atoms with Crippen molar-refractivity contribution in [3.63, 3.8) is 0 Å². The van der Waals surface area contributed by atoms with Gasteiger partial charge in [0.1, 0.15) is 11.5 Å². The molecular formula is C22H29NaO5S. The van der Waals surface area contributed by atoms with E-state index in [4.69, 9.17) is 4.74 Å². The molecule has 154 valence electrons. The summed E-state index contributed by atoms with van der Waals surface area (Å²) in [6.07, 6.45) is 9.48. The third-order valence-corrected chi connectivity index (χ3v) is 5.61. The number of unbranched alkanes of at least 4 members (excludes halogenated alkanes) is 7. The maximum Gasteiger partial charge on any atom is 1.00 e. The second-order valence-corrected chi connectivity index (χ2v) is 8.41. The SMILES string of the molecule is CCCCCCCCCCc1cc(Oc2ccccc2)c([O-])cc1S(=O)(=O)O.[Na+]. The van der Waals surface area contributed by atoms with Crippen molar-refractivity contribution in [1.29, 1.82) is 0 Å². The van der Waals surface area contributed by atoms with Crippen molar-refractivity contribution in [1.82, 2.24) is 0 Å². The molecule has 0 atom stereocenters. The monoisotopic (exact) mass is 428 g/mol. The molecule has 0 bridgehead atoms. The minimum Gasteiger partial charge on any atom is -0.870 e. The molecule has 2 rings (SSSR count). The summed E-state index contributed by atoms with van der Waals surface area (Å²) in [7, 11) is -4.46. The molecule has 0 heterocycles. The molecule has 2 aromatic rings. The molecule has 0 fully saturated rings. The summed E-state index contributed by atoms with van der Waals surface area (Å²) in [5.74, 6) is -0.0125. The van der Waals surface area contributed by atoms with Crippen LogP contribution in [0.25, 0.3) is 0 Å². The van der Waals surface area contributed by atoms with E-state index in [-0.39, 0.29) is 40.2 Å². The fourth-order valence-electron chi connectivity index (χ4n) is 3.16. The number of ether oxygens (including phenoxy) is 1. The van der Waals surface area contributed by atoms with E-state index in [1.807, 2.05) is 6.07 Å². The molecule has 7 heteroatoms. The van der Waals surface area contributed by atoms with Crippen molar-refractivity contribution in [3.8, 4) is 17.2 Å². The minimum atomic E-state index is -4.46. The number of rotatable bonds is 12. The van der Waals surface area contributed by atoms with Gasteiger partial charge in [0.25, 0.3) is 10.1 Å². The molecule has 0 unspecified atom stereocenters. The van der Waals surface area contributed by atoms with E-state index < -0.39 is 15.9 Å². The first-order chi connectivity index (χ1) is 13.4. The summed E-state index contributed by atoms with van der Waals surface area (Å²) in [5, 5.41) is 12.2. The predicted molar refractivity (Wildman–Crippen MR) is 109 cm³/mol. The van der Waals surface area contributed by atoms with Crippen LogP contribution in [0, 0.1) is 0 Å². The summed E-state index contributed by atoms with van der Waals surface area (Å²) < 4.78 is 38.5. The van der Waals surface area contributed by atoms with E-state index >= 15 is 0 Å². The minimum absolute atomic E-state index is 0. The van der Waals surface area contributed by atoms with Crippen LogP contribution in [0.3, 0.4) is 0 Å². The molecule has 0 aliphatic carbocycles. The van der Waals surface area contributed by atoms with E-state index in [0.29, 0.717) is 17.7 Å². The Kier molecular flexibility index (Phi) is 11.9. The van der Waals surface area contributed by atoms with Crippen molar-refractivity contribution < 1.29 is 52.4 Å². The molecule has 0 aliphatic rings. The van der Waals surface area contributed by atoms with Gasteiger partial charge in [0, 0.05) is 0 Å². The van der Waals surface area contributed by atoms with Crippen LogP contribution in [0.1, 0.15) is 63.9 Å². The molecule has 0 aromatic heterocycles. The summed E-state index contributed by atoms with van der Waals surface area (Å²) in [5.41, 5.74) is 0.416. The Morgan fingerprint density at radius 3 is 2.10 bits per heavy atom. The molecule has 0 aliphatic heterocycles. The first-order valence-electron chi connectivity index (χ1n) is 9.96. The van der Waals surface area contributed by atoms with Gasteiger partial charge in [-0.05, 0) is 42.7 Å². The first kappa shape index (κ1) is 26.0. The maximum atomic E-state index is 12.2. The maximum absolute atomic E-state index is 12.2. The van der Waals surface area contributed by atoms with Gasteiger partial charge in [0.15, 0.2) is 0 Å². The molecule has 0 amide bonds. The van der Waals surface area contributed by atoms with E-state index in [0.717, 1.165) is 25.3 Å². The zero-order valence-corrected chi connectivity index (χ0v) is 20.2. The van der Waals surface area contributed by atoms with Crippen LogP contribution in [0.4, 0.5) is 0 Å². The standard InChI is InChI=1S/C22H30O5S.Na/c1-2-3-4-5-6-7-8-10-13-18-16-21(27-19-14-11-9-12-15-19)20(23)17-22(18)28(24,25)26;/h9,11-12,14-17,23H,2-8,10,13H2,1H3,(H,24,25,26);/q;+1/p-1. The number of benzene rings is 2. The Balaban J connectivity index is 0.00000420. The third-order valence-electron chi connectivity index (χ3n) is 4.68. The van der Waals surface area contributed by atoms with E-state index in [2.05, 4.69) is 6.92 Å². The molecule has 29 heavy (non-hydrogen) atoms. The van der Waals surface area contributed by atoms with Crippen LogP contribution in [0.2, 0.25) is 0 Å². The Hall–Kier alpha value is -1.05. The molecule has 0 saturated heterocycles. The van der Waals surface area contributed by atoms with Crippen molar-refractivity contribution in [2.24, 2.45) is 0 Å². The third kappa shape index (κ3) is 9.09. The Morgan fingerprint density at radius 2 is 1.52 bits per heavy atom. The van der Waals surface area contributed by atoms with Gasteiger partial charge < -0.3 is 9.84 Å². The second kappa shape index (κ2) is 13.3. The molecule has 5 nitrogen and oxygen atoms in total. The summed E-state index contributed by atoms with van der Waals surface area (Å²) in [6, 6.07) is 11.2. The molecular weight excluding hydrogens is 399 g/mol. The Bertz CT molecular complexity index is 838. The van der Waals surface area contributed by atoms with Gasteiger partial charge in [-0.2, -0.15) is 8.42 Å². The van der Waals surface area contributed by atoms with Crippen LogP contribution >= 0.6 is 0 Å². The fourth-order valence-corrected chi connectivity index (χ4v) is 3.91. The topological polar surface area (TPSA) is 86.7 Å². The van der Waals surface area contributed by atoms with Gasteiger partial charge in [0.05, 0.1) is 4.90 Å². The molecule has 0 saturated carbocycles. The van der Waals surface area contributed by atoms with E-state index in [1.54, 1.807) is 24.3 Å². The number of aryl methyl sites for hydroxylation is 1. The average Bonchev–Trinajstić information content (AvgIpc) is 2.66. The van der Waals surface area contributed by atoms with Crippen molar-refractivity contribution in [2.45, 2.75) is 69.6 Å². The smallest absolute Gasteiger partial charge is 0.870 e. The summed E-state index contributed by atoms with van der Waals surface area (Å²) >= 11 is 0. The van der Waals surface area contributed by atoms with Gasteiger partial charge in [-0.3, -0.25) is 4.55 Å². The summed E-state index contributed by atoms with van der Waals surface area (Å²) in [6.45, 7) is 2.19. The molecule has 2 aromatic carbocycles. The quantitative estimate of drug-likeness (QED) is 0.319. The molecule has 1 N–H and O–H groups in total. The van der Waals surface area contributed by atoms with Gasteiger partial charge in [-0.1, -0.05) is 75.8 Å². The van der Waals surface area contributed by atoms with Crippen LogP contribution in [0.5, 0.6) is 17.2 Å². The van der Waals surface area contributed by atoms with E-state index in [9.17, 15) is 18.1 Å². The molecule has 0 spiro atoms. The summed E-state index contributed by atoms with van der Waals surface area (Å²) in [4.78, 5) is -0.319. The Labute approximate surface area is 196 Å². The van der Waals surface area contributed by atoms with Crippen LogP contribution in [0.15, 0.2) is 47.4 Å². The van der Waals surface area contributed by atoms with Gasteiger partial charge in [-0.15, -0.1) is 0 Å². The number of hydrogen-bond donors (Lipinski definition) is 1. The van der Waals surface area contributed by atoms with Crippen LogP contribution in [-0.2, 0) is 16.5 Å². The predicted octanol–water partition coefficient (Wildman–Crippen LogP) is 2.49. The normalized spacial score (nSPS) is 11.1. The van der Waals surface area contributed by atoms with Gasteiger partial charge in [0.2, 0.25) is 0 Å². The van der Waals surface area contributed by atoms with Crippen molar-refractivity contribution in [2.75, 3.05) is 0 Å². The zero-order chi connectivity index (χ0) is 20.4. The van der Waals surface area contributed by atoms with E-state index in [1.165, 1.54) is 38.2 Å².